The Hall–Kier alpha value is -3.42. The van der Waals surface area contributed by atoms with Crippen molar-refractivity contribution in [3.05, 3.63) is 106 Å². The Kier molecular flexibility index (Phi) is 7.70. The van der Waals surface area contributed by atoms with E-state index in [1.165, 1.54) is 12.1 Å². The van der Waals surface area contributed by atoms with E-state index in [1.54, 1.807) is 55.6 Å². The first-order valence-electron chi connectivity index (χ1n) is 8.57. The predicted octanol–water partition coefficient (Wildman–Crippen LogP) is 4.05. The van der Waals surface area contributed by atoms with Gasteiger partial charge in [0.1, 0.15) is 5.75 Å². The quantitative estimate of drug-likeness (QED) is 0.450. The molecular formula is C21H20ClN3O4. The molecule has 3 aromatic carbocycles. The molecule has 0 saturated carbocycles. The smallest absolute Gasteiger partial charge is 0.269 e. The lowest BCUT2D eigenvalue weighted by atomic mass is 9.99. The zero-order chi connectivity index (χ0) is 19.9. The minimum absolute atomic E-state index is 0. The Morgan fingerprint density at radius 2 is 1.66 bits per heavy atom. The number of carbonyl (C=O) groups excluding carboxylic acids is 1. The maximum Gasteiger partial charge on any atom is 0.269 e. The first-order valence-corrected chi connectivity index (χ1v) is 8.57. The number of hydrogen-bond acceptors (Lipinski definition) is 5. The molecule has 0 aromatic heterocycles. The van der Waals surface area contributed by atoms with Crippen LogP contribution in [-0.2, 0) is 0 Å². The van der Waals surface area contributed by atoms with Gasteiger partial charge in [-0.1, -0.05) is 42.5 Å². The summed E-state index contributed by atoms with van der Waals surface area (Å²) in [6.45, 7) is 0. The Bertz CT molecular complexity index is 965. The van der Waals surface area contributed by atoms with Crippen molar-refractivity contribution >= 4 is 24.0 Å². The molecule has 3 aromatic rings. The predicted molar refractivity (Wildman–Crippen MR) is 112 cm³/mol. The highest BCUT2D eigenvalue weighted by molar-refractivity contribution is 5.93. The standard InChI is InChI=1S/C21H19N3O4.ClH/c1-28-19-12-10-15(11-13-19)20(17-8-5-9-18(14-17)24(26)27)22-23-21(25)16-6-3-2-4-7-16;/h2-14,20,22H,1H3,(H,23,25);1H. The van der Waals surface area contributed by atoms with Gasteiger partial charge in [-0.25, -0.2) is 5.43 Å². The fourth-order valence-electron chi connectivity index (χ4n) is 2.77. The molecule has 1 unspecified atom stereocenters. The number of nitrogens with zero attached hydrogens (tertiary/aromatic N) is 1. The number of methoxy groups -OCH3 is 1. The summed E-state index contributed by atoms with van der Waals surface area (Å²) in [5.41, 5.74) is 7.62. The van der Waals surface area contributed by atoms with Crippen LogP contribution in [0.3, 0.4) is 0 Å². The fraction of sp³-hybridized carbons (Fsp3) is 0.0952. The van der Waals surface area contributed by atoms with E-state index in [9.17, 15) is 14.9 Å². The summed E-state index contributed by atoms with van der Waals surface area (Å²) < 4.78 is 5.18. The molecule has 1 atom stereocenters. The molecule has 1 amide bonds. The van der Waals surface area contributed by atoms with Crippen LogP contribution in [0, 0.1) is 10.1 Å². The number of nitrogens with one attached hydrogen (secondary N) is 2. The van der Waals surface area contributed by atoms with Crippen LogP contribution in [0.15, 0.2) is 78.9 Å². The maximum atomic E-state index is 12.4. The van der Waals surface area contributed by atoms with E-state index < -0.39 is 11.0 Å². The molecule has 0 aliphatic rings. The highest BCUT2D eigenvalue weighted by Crippen LogP contribution is 2.26. The van der Waals surface area contributed by atoms with E-state index in [-0.39, 0.29) is 24.0 Å². The number of halogens is 1. The molecule has 150 valence electrons. The minimum Gasteiger partial charge on any atom is -0.497 e. The van der Waals surface area contributed by atoms with Gasteiger partial charge in [-0.2, -0.15) is 0 Å². The van der Waals surface area contributed by atoms with Crippen molar-refractivity contribution in [3.63, 3.8) is 0 Å². The van der Waals surface area contributed by atoms with Crippen molar-refractivity contribution in [2.45, 2.75) is 6.04 Å². The summed E-state index contributed by atoms with van der Waals surface area (Å²) in [4.78, 5) is 23.1. The van der Waals surface area contributed by atoms with Gasteiger partial charge >= 0.3 is 0 Å². The zero-order valence-corrected chi connectivity index (χ0v) is 16.4. The molecule has 3 rings (SSSR count). The Balaban J connectivity index is 0.00000300. The molecule has 0 heterocycles. The average Bonchev–Trinajstić information content (AvgIpc) is 2.75. The number of amides is 1. The molecule has 0 bridgehead atoms. The molecule has 0 spiro atoms. The van der Waals surface area contributed by atoms with Crippen LogP contribution in [0.4, 0.5) is 5.69 Å². The summed E-state index contributed by atoms with van der Waals surface area (Å²) in [7, 11) is 1.57. The van der Waals surface area contributed by atoms with Crippen molar-refractivity contribution in [2.24, 2.45) is 0 Å². The largest absolute Gasteiger partial charge is 0.497 e. The lowest BCUT2D eigenvalue weighted by molar-refractivity contribution is -0.384. The van der Waals surface area contributed by atoms with Gasteiger partial charge in [0.05, 0.1) is 18.1 Å². The van der Waals surface area contributed by atoms with Crippen LogP contribution in [0.1, 0.15) is 27.5 Å². The van der Waals surface area contributed by atoms with Gasteiger partial charge in [0.15, 0.2) is 0 Å². The van der Waals surface area contributed by atoms with Gasteiger partial charge in [-0.3, -0.25) is 20.3 Å². The van der Waals surface area contributed by atoms with E-state index in [1.807, 2.05) is 18.2 Å². The molecule has 0 fully saturated rings. The zero-order valence-electron chi connectivity index (χ0n) is 15.6. The van der Waals surface area contributed by atoms with Gasteiger partial charge in [-0.05, 0) is 35.4 Å². The van der Waals surface area contributed by atoms with Gasteiger partial charge in [0.25, 0.3) is 11.6 Å². The van der Waals surface area contributed by atoms with E-state index in [4.69, 9.17) is 4.74 Å². The fourth-order valence-corrected chi connectivity index (χ4v) is 2.77. The topological polar surface area (TPSA) is 93.5 Å². The molecule has 8 heteroatoms. The number of ether oxygens (including phenoxy) is 1. The van der Waals surface area contributed by atoms with Gasteiger partial charge in [0.2, 0.25) is 0 Å². The highest BCUT2D eigenvalue weighted by Gasteiger charge is 2.18. The van der Waals surface area contributed by atoms with Crippen LogP contribution >= 0.6 is 12.4 Å². The molecule has 0 saturated heterocycles. The number of benzene rings is 3. The number of rotatable bonds is 7. The number of carbonyl (C=O) groups is 1. The van der Waals surface area contributed by atoms with Crippen LogP contribution in [-0.4, -0.2) is 17.9 Å². The number of nitro groups is 1. The molecule has 2 N–H and O–H groups in total. The van der Waals surface area contributed by atoms with E-state index >= 15 is 0 Å². The normalized spacial score (nSPS) is 11.1. The lowest BCUT2D eigenvalue weighted by Gasteiger charge is -2.20. The SMILES string of the molecule is COc1ccc(C(NNC(=O)c2ccccc2)c2cccc([N+](=O)[O-])c2)cc1.Cl. The summed E-state index contributed by atoms with van der Waals surface area (Å²) >= 11 is 0. The summed E-state index contributed by atoms with van der Waals surface area (Å²) in [6, 6.07) is 21.8. The molecule has 0 radical (unpaired) electrons. The molecule has 7 nitrogen and oxygen atoms in total. The number of hydrazine groups is 1. The van der Waals surface area contributed by atoms with E-state index in [0.29, 0.717) is 16.9 Å². The Morgan fingerprint density at radius 3 is 2.28 bits per heavy atom. The van der Waals surface area contributed by atoms with Crippen molar-refractivity contribution in [1.29, 1.82) is 0 Å². The van der Waals surface area contributed by atoms with Crippen molar-refractivity contribution in [1.82, 2.24) is 10.9 Å². The van der Waals surface area contributed by atoms with Crippen LogP contribution in [0.2, 0.25) is 0 Å². The monoisotopic (exact) mass is 413 g/mol. The third-order valence-electron chi connectivity index (χ3n) is 4.23. The molecule has 0 aliphatic carbocycles. The summed E-state index contributed by atoms with van der Waals surface area (Å²) in [6.07, 6.45) is 0. The summed E-state index contributed by atoms with van der Waals surface area (Å²) in [5, 5.41) is 11.1. The number of hydrogen-bond donors (Lipinski definition) is 2. The summed E-state index contributed by atoms with van der Waals surface area (Å²) in [5.74, 6) is 0.388. The van der Waals surface area contributed by atoms with Gasteiger partial charge in [0, 0.05) is 17.7 Å². The molecular weight excluding hydrogens is 394 g/mol. The number of nitro benzene ring substituents is 1. The number of non-ortho nitro benzene ring substituents is 1. The average molecular weight is 414 g/mol. The van der Waals surface area contributed by atoms with Gasteiger partial charge < -0.3 is 4.74 Å². The Labute approximate surface area is 174 Å². The second-order valence-electron chi connectivity index (χ2n) is 6.02. The first-order chi connectivity index (χ1) is 13.6. The Morgan fingerprint density at radius 1 is 0.966 bits per heavy atom. The van der Waals surface area contributed by atoms with Crippen LogP contribution < -0.4 is 15.6 Å². The first kappa shape index (κ1) is 21.9. The van der Waals surface area contributed by atoms with Crippen molar-refractivity contribution in [3.8, 4) is 5.75 Å². The lowest BCUT2D eigenvalue weighted by Crippen LogP contribution is -2.40. The van der Waals surface area contributed by atoms with Crippen LogP contribution in [0.5, 0.6) is 5.75 Å². The third-order valence-corrected chi connectivity index (χ3v) is 4.23. The second-order valence-corrected chi connectivity index (χ2v) is 6.02. The van der Waals surface area contributed by atoms with E-state index in [0.717, 1.165) is 5.56 Å². The highest BCUT2D eigenvalue weighted by atomic mass is 35.5. The van der Waals surface area contributed by atoms with E-state index in [2.05, 4.69) is 10.9 Å². The van der Waals surface area contributed by atoms with Crippen LogP contribution in [0.25, 0.3) is 0 Å². The molecule has 29 heavy (non-hydrogen) atoms. The van der Waals surface area contributed by atoms with Crippen molar-refractivity contribution < 1.29 is 14.5 Å². The maximum absolute atomic E-state index is 12.4. The third kappa shape index (κ3) is 5.54. The van der Waals surface area contributed by atoms with Crippen molar-refractivity contribution in [2.75, 3.05) is 7.11 Å². The minimum atomic E-state index is -0.488. The second kappa shape index (κ2) is 10.2. The molecule has 0 aliphatic heterocycles. The van der Waals surface area contributed by atoms with Gasteiger partial charge in [-0.15, -0.1) is 12.4 Å².